The van der Waals surface area contributed by atoms with E-state index in [1.54, 1.807) is 13.8 Å². The van der Waals surface area contributed by atoms with E-state index in [4.69, 9.17) is 0 Å². The molecule has 3 aromatic rings. The van der Waals surface area contributed by atoms with Crippen molar-refractivity contribution in [2.45, 2.75) is 38.8 Å². The summed E-state index contributed by atoms with van der Waals surface area (Å²) in [6.45, 7) is 2.85. The topological polar surface area (TPSA) is 68.9 Å². The molecule has 0 amide bonds. The summed E-state index contributed by atoms with van der Waals surface area (Å²) in [6, 6.07) is 7.48. The van der Waals surface area contributed by atoms with Crippen LogP contribution in [0.2, 0.25) is 0 Å². The molecule has 0 aliphatic rings. The number of halogens is 6. The summed E-state index contributed by atoms with van der Waals surface area (Å²) >= 11 is 0. The molecule has 3 rings (SSSR count). The Morgan fingerprint density at radius 3 is 2.06 bits per heavy atom. The van der Waals surface area contributed by atoms with Crippen molar-refractivity contribution < 1.29 is 26.3 Å². The summed E-state index contributed by atoms with van der Waals surface area (Å²) in [5, 5.41) is 2.55. The van der Waals surface area contributed by atoms with E-state index >= 15 is 0 Å². The zero-order valence-electron chi connectivity index (χ0n) is 17.3. The molecule has 0 fully saturated rings. The Hall–Kier alpha value is -3.57. The minimum absolute atomic E-state index is 0.0837. The van der Waals surface area contributed by atoms with E-state index in [0.29, 0.717) is 0 Å². The molecule has 0 aliphatic carbocycles. The lowest BCUT2D eigenvalue weighted by Gasteiger charge is -2.18. The molecule has 1 heterocycles. The summed E-state index contributed by atoms with van der Waals surface area (Å²) in [4.78, 5) is 29.2. The Morgan fingerprint density at radius 1 is 0.909 bits per heavy atom. The zero-order valence-corrected chi connectivity index (χ0v) is 17.3. The Bertz CT molecular complexity index is 1260. The predicted molar refractivity (Wildman–Crippen MR) is 108 cm³/mol. The molecule has 0 saturated heterocycles. The lowest BCUT2D eigenvalue weighted by Crippen LogP contribution is -2.43. The first kappa shape index (κ1) is 24.1. The first-order chi connectivity index (χ1) is 15.3. The lowest BCUT2D eigenvalue weighted by molar-refractivity contribution is -0.138. The van der Waals surface area contributed by atoms with Gasteiger partial charge in [0.15, 0.2) is 0 Å². The summed E-state index contributed by atoms with van der Waals surface area (Å²) in [7, 11) is 0. The molecule has 33 heavy (non-hydrogen) atoms. The van der Waals surface area contributed by atoms with Gasteiger partial charge < -0.3 is 5.32 Å². The highest BCUT2D eigenvalue weighted by Gasteiger charge is 2.31. The molecule has 6 nitrogen and oxygen atoms in total. The number of alkyl halides is 6. The third-order valence-corrected chi connectivity index (χ3v) is 4.68. The Balaban J connectivity index is 2.07. The first-order valence-electron chi connectivity index (χ1n) is 9.61. The van der Waals surface area contributed by atoms with Gasteiger partial charge in [-0.05, 0) is 49.7 Å². The molecule has 176 valence electrons. The van der Waals surface area contributed by atoms with Gasteiger partial charge in [0.25, 0.3) is 0 Å². The number of rotatable bonds is 5. The summed E-state index contributed by atoms with van der Waals surface area (Å²) < 4.78 is 79.4. The largest absolute Gasteiger partial charge is 0.416 e. The van der Waals surface area contributed by atoms with E-state index < -0.39 is 40.9 Å². The number of anilines is 2. The molecule has 1 N–H and O–H groups in total. The number of benzene rings is 2. The maximum Gasteiger partial charge on any atom is 0.416 e. The second kappa shape index (κ2) is 8.75. The highest BCUT2D eigenvalue weighted by atomic mass is 19.4. The van der Waals surface area contributed by atoms with E-state index in [0.717, 1.165) is 51.6 Å². The average Bonchev–Trinajstić information content (AvgIpc) is 2.70. The third-order valence-electron chi connectivity index (χ3n) is 4.68. The van der Waals surface area contributed by atoms with E-state index in [-0.39, 0.29) is 23.7 Å². The van der Waals surface area contributed by atoms with Gasteiger partial charge in [-0.25, -0.2) is 14.2 Å². The Labute approximate surface area is 183 Å². The predicted octanol–water partition coefficient (Wildman–Crippen LogP) is 4.82. The van der Waals surface area contributed by atoms with Crippen LogP contribution in [0.15, 0.2) is 58.1 Å². The quantitative estimate of drug-likeness (QED) is 0.541. The van der Waals surface area contributed by atoms with Crippen molar-refractivity contribution in [1.29, 1.82) is 0 Å². The molecule has 0 aliphatic heterocycles. The fourth-order valence-corrected chi connectivity index (χ4v) is 3.07. The van der Waals surface area contributed by atoms with Crippen LogP contribution in [0.3, 0.4) is 0 Å². The van der Waals surface area contributed by atoms with Gasteiger partial charge in [-0.15, -0.1) is 0 Å². The summed E-state index contributed by atoms with van der Waals surface area (Å²) in [5.74, 6) is -0.346. The van der Waals surface area contributed by atoms with Crippen LogP contribution >= 0.6 is 0 Å². The molecule has 1 aromatic heterocycles. The maximum atomic E-state index is 13.0. The van der Waals surface area contributed by atoms with Crippen molar-refractivity contribution in [2.24, 2.45) is 0 Å². The molecule has 0 radical (unpaired) electrons. The molecule has 0 atom stereocenters. The van der Waals surface area contributed by atoms with Crippen LogP contribution in [0, 0.1) is 0 Å². The van der Waals surface area contributed by atoms with Crippen LogP contribution in [0.5, 0.6) is 0 Å². The van der Waals surface area contributed by atoms with E-state index in [9.17, 15) is 35.9 Å². The zero-order chi connectivity index (χ0) is 24.6. The normalized spacial score (nSPS) is 12.3. The highest BCUT2D eigenvalue weighted by Crippen LogP contribution is 2.31. The van der Waals surface area contributed by atoms with E-state index in [2.05, 4.69) is 10.3 Å². The fraction of sp³-hybridized carbons (Fsp3) is 0.286. The van der Waals surface area contributed by atoms with Gasteiger partial charge in [0, 0.05) is 11.7 Å². The van der Waals surface area contributed by atoms with Crippen LogP contribution < -0.4 is 16.7 Å². The smallest absolute Gasteiger partial charge is 0.325 e. The van der Waals surface area contributed by atoms with Gasteiger partial charge in [-0.2, -0.15) is 31.3 Å². The number of hydrogen-bond acceptors (Lipinski definition) is 4. The molecule has 0 unspecified atom stereocenters. The van der Waals surface area contributed by atoms with Crippen LogP contribution in [0.1, 0.15) is 36.6 Å². The van der Waals surface area contributed by atoms with Gasteiger partial charge in [-0.1, -0.05) is 18.2 Å². The van der Waals surface area contributed by atoms with Crippen molar-refractivity contribution in [3.05, 3.63) is 86.2 Å². The molecule has 0 bridgehead atoms. The lowest BCUT2D eigenvalue weighted by atomic mass is 10.1. The van der Waals surface area contributed by atoms with Crippen LogP contribution in [0.25, 0.3) is 0 Å². The van der Waals surface area contributed by atoms with Crippen LogP contribution in [-0.2, 0) is 18.9 Å². The minimum atomic E-state index is -4.62. The standard InChI is InChI=1S/C21H18F6N4O2/c1-12(2)31-18(32)29-17(28-16-5-3-4-15(10-16)21(25,26)27)30(19(31)33)11-13-6-8-14(9-7-13)20(22,23)24/h3-10,12H,11H2,1-2H3,(H,28,29,32). The highest BCUT2D eigenvalue weighted by molar-refractivity contribution is 5.55. The van der Waals surface area contributed by atoms with Crippen molar-refractivity contribution in [1.82, 2.24) is 14.1 Å². The maximum absolute atomic E-state index is 13.0. The van der Waals surface area contributed by atoms with Gasteiger partial charge in [0.1, 0.15) is 0 Å². The number of nitrogens with zero attached hydrogens (tertiary/aromatic N) is 3. The summed E-state index contributed by atoms with van der Waals surface area (Å²) in [5.41, 5.74) is -3.38. The number of hydrogen-bond donors (Lipinski definition) is 1. The molecule has 0 saturated carbocycles. The van der Waals surface area contributed by atoms with Crippen molar-refractivity contribution in [3.63, 3.8) is 0 Å². The fourth-order valence-electron chi connectivity index (χ4n) is 3.07. The molecule has 2 aromatic carbocycles. The van der Waals surface area contributed by atoms with Crippen LogP contribution in [0.4, 0.5) is 38.0 Å². The second-order valence-corrected chi connectivity index (χ2v) is 7.45. The van der Waals surface area contributed by atoms with E-state index in [1.165, 1.54) is 6.07 Å². The van der Waals surface area contributed by atoms with Crippen molar-refractivity contribution >= 4 is 11.6 Å². The van der Waals surface area contributed by atoms with Gasteiger partial charge in [0.05, 0.1) is 17.7 Å². The Kier molecular flexibility index (Phi) is 6.39. The van der Waals surface area contributed by atoms with Gasteiger partial charge >= 0.3 is 23.7 Å². The van der Waals surface area contributed by atoms with Gasteiger partial charge in [0.2, 0.25) is 5.95 Å². The SMILES string of the molecule is CC(C)n1c(=O)nc(Nc2cccc(C(F)(F)F)c2)n(Cc2ccc(C(F)(F)F)cc2)c1=O. The minimum Gasteiger partial charge on any atom is -0.325 e. The molecular weight excluding hydrogens is 454 g/mol. The summed E-state index contributed by atoms with van der Waals surface area (Å²) in [6.07, 6.45) is -9.16. The third kappa shape index (κ3) is 5.44. The van der Waals surface area contributed by atoms with Crippen molar-refractivity contribution in [3.8, 4) is 0 Å². The monoisotopic (exact) mass is 472 g/mol. The molecule has 0 spiro atoms. The molecular formula is C21H18F6N4O2. The first-order valence-corrected chi connectivity index (χ1v) is 9.61. The number of aromatic nitrogens is 3. The van der Waals surface area contributed by atoms with Crippen LogP contribution in [-0.4, -0.2) is 14.1 Å². The Morgan fingerprint density at radius 2 is 1.52 bits per heavy atom. The second-order valence-electron chi connectivity index (χ2n) is 7.45. The van der Waals surface area contributed by atoms with E-state index in [1.807, 2.05) is 0 Å². The van der Waals surface area contributed by atoms with Gasteiger partial charge in [-0.3, -0.25) is 4.57 Å². The number of nitrogens with one attached hydrogen (secondary N) is 1. The average molecular weight is 472 g/mol. The molecule has 12 heteroatoms. The van der Waals surface area contributed by atoms with Crippen molar-refractivity contribution in [2.75, 3.05) is 5.32 Å².